The van der Waals surface area contributed by atoms with Crippen molar-refractivity contribution in [1.29, 1.82) is 0 Å². The number of hydrogen-bond acceptors (Lipinski definition) is 5. The van der Waals surface area contributed by atoms with Crippen molar-refractivity contribution < 1.29 is 4.79 Å². The largest absolute Gasteiger partial charge is 0.384 e. The number of nitrogens with two attached hydrogens (primary N) is 1. The number of pyridine rings is 1. The Morgan fingerprint density at radius 2 is 2.19 bits per heavy atom. The number of aromatic nitrogens is 4. The van der Waals surface area contributed by atoms with Gasteiger partial charge in [-0.25, -0.2) is 4.98 Å². The Morgan fingerprint density at radius 1 is 1.43 bits per heavy atom. The van der Waals surface area contributed by atoms with E-state index in [0.717, 1.165) is 11.5 Å². The smallest absolute Gasteiger partial charge is 0.251 e. The molecule has 0 atom stereocenters. The predicted molar refractivity (Wildman–Crippen MR) is 79.8 cm³/mol. The maximum Gasteiger partial charge on any atom is 0.251 e. The van der Waals surface area contributed by atoms with Crippen LogP contribution in [-0.2, 0) is 13.5 Å². The van der Waals surface area contributed by atoms with Crippen LogP contribution in [0.1, 0.15) is 41.6 Å². The van der Waals surface area contributed by atoms with Gasteiger partial charge in [-0.15, -0.1) is 10.2 Å². The highest BCUT2D eigenvalue weighted by Crippen LogP contribution is 2.15. The molecule has 2 aromatic heterocycles. The predicted octanol–water partition coefficient (Wildman–Crippen LogP) is 0.888. The van der Waals surface area contributed by atoms with Crippen molar-refractivity contribution in [3.63, 3.8) is 0 Å². The molecule has 0 spiro atoms. The van der Waals surface area contributed by atoms with Crippen LogP contribution < -0.4 is 11.1 Å². The second kappa shape index (κ2) is 6.34. The van der Waals surface area contributed by atoms with Gasteiger partial charge < -0.3 is 15.6 Å². The summed E-state index contributed by atoms with van der Waals surface area (Å²) >= 11 is 0. The average molecular weight is 288 g/mol. The third-order valence-electron chi connectivity index (χ3n) is 3.16. The van der Waals surface area contributed by atoms with E-state index in [9.17, 15) is 4.79 Å². The molecule has 3 N–H and O–H groups in total. The molecule has 7 heteroatoms. The van der Waals surface area contributed by atoms with Crippen LogP contribution in [0.3, 0.4) is 0 Å². The van der Waals surface area contributed by atoms with Gasteiger partial charge in [0.15, 0.2) is 0 Å². The summed E-state index contributed by atoms with van der Waals surface area (Å²) < 4.78 is 1.83. The van der Waals surface area contributed by atoms with Crippen molar-refractivity contribution in [2.45, 2.75) is 26.2 Å². The van der Waals surface area contributed by atoms with Gasteiger partial charge in [0.1, 0.15) is 18.0 Å². The molecule has 0 unspecified atom stereocenters. The normalized spacial score (nSPS) is 10.9. The van der Waals surface area contributed by atoms with Crippen LogP contribution in [0, 0.1) is 0 Å². The number of nitrogens with zero attached hydrogens (tertiary/aromatic N) is 4. The number of carbonyl (C=O) groups is 1. The number of nitrogen functional groups attached to an aromatic ring is 1. The van der Waals surface area contributed by atoms with E-state index in [-0.39, 0.29) is 11.8 Å². The number of rotatable bonds is 5. The van der Waals surface area contributed by atoms with Gasteiger partial charge in [-0.05, 0) is 18.1 Å². The highest BCUT2D eigenvalue weighted by atomic mass is 16.1. The van der Waals surface area contributed by atoms with E-state index < -0.39 is 0 Å². The summed E-state index contributed by atoms with van der Waals surface area (Å²) in [7, 11) is 1.87. The summed E-state index contributed by atoms with van der Waals surface area (Å²) in [5.41, 5.74) is 7.09. The lowest BCUT2D eigenvalue weighted by atomic mass is 10.1. The third kappa shape index (κ3) is 3.77. The van der Waals surface area contributed by atoms with Crippen LogP contribution in [0.15, 0.2) is 18.5 Å². The Morgan fingerprint density at radius 3 is 2.81 bits per heavy atom. The maximum absolute atomic E-state index is 12.1. The van der Waals surface area contributed by atoms with E-state index >= 15 is 0 Å². The van der Waals surface area contributed by atoms with Gasteiger partial charge in [0, 0.05) is 31.3 Å². The highest BCUT2D eigenvalue weighted by Gasteiger charge is 2.11. The first kappa shape index (κ1) is 15.0. The first-order valence-corrected chi connectivity index (χ1v) is 6.86. The molecule has 0 aromatic carbocycles. The Hall–Kier alpha value is -2.44. The van der Waals surface area contributed by atoms with Crippen molar-refractivity contribution in [1.82, 2.24) is 25.1 Å². The lowest BCUT2D eigenvalue weighted by Crippen LogP contribution is -2.26. The third-order valence-corrected chi connectivity index (χ3v) is 3.16. The number of hydrogen-bond donors (Lipinski definition) is 2. The number of nitrogens with one attached hydrogen (secondary N) is 1. The first-order valence-electron chi connectivity index (χ1n) is 6.86. The zero-order valence-corrected chi connectivity index (χ0v) is 12.5. The average Bonchev–Trinajstić information content (AvgIpc) is 2.83. The molecule has 0 bridgehead atoms. The molecule has 112 valence electrons. The lowest BCUT2D eigenvalue weighted by Gasteiger charge is -2.09. The molecule has 0 radical (unpaired) electrons. The fourth-order valence-electron chi connectivity index (χ4n) is 1.92. The Labute approximate surface area is 123 Å². The first-order chi connectivity index (χ1) is 9.97. The molecule has 0 aliphatic carbocycles. The van der Waals surface area contributed by atoms with E-state index in [2.05, 4.69) is 20.5 Å². The summed E-state index contributed by atoms with van der Waals surface area (Å²) in [6, 6.07) is 3.36. The quantitative estimate of drug-likeness (QED) is 0.851. The SMILES string of the molecule is CC(C)c1cc(C(=O)NCCc2nncn2C)cc(N)n1. The zero-order chi connectivity index (χ0) is 15.4. The van der Waals surface area contributed by atoms with Crippen molar-refractivity contribution in [3.05, 3.63) is 35.5 Å². The molecule has 0 aliphatic heterocycles. The topological polar surface area (TPSA) is 98.7 Å². The Kier molecular flexibility index (Phi) is 4.52. The number of anilines is 1. The van der Waals surface area contributed by atoms with Gasteiger partial charge in [0.2, 0.25) is 0 Å². The molecule has 0 fully saturated rings. The van der Waals surface area contributed by atoms with Crippen LogP contribution in [0.2, 0.25) is 0 Å². The molecule has 0 saturated carbocycles. The van der Waals surface area contributed by atoms with E-state index in [1.807, 2.05) is 25.5 Å². The number of amides is 1. The van der Waals surface area contributed by atoms with Gasteiger partial charge in [0.05, 0.1) is 0 Å². The summed E-state index contributed by atoms with van der Waals surface area (Å²) in [4.78, 5) is 16.4. The van der Waals surface area contributed by atoms with Gasteiger partial charge in [-0.1, -0.05) is 13.8 Å². The van der Waals surface area contributed by atoms with Crippen molar-refractivity contribution in [2.75, 3.05) is 12.3 Å². The van der Waals surface area contributed by atoms with E-state index in [4.69, 9.17) is 5.73 Å². The van der Waals surface area contributed by atoms with Gasteiger partial charge in [-0.3, -0.25) is 4.79 Å². The monoisotopic (exact) mass is 288 g/mol. The molecular formula is C14H20N6O. The molecular weight excluding hydrogens is 268 g/mol. The van der Waals surface area contributed by atoms with Crippen molar-refractivity contribution in [3.8, 4) is 0 Å². The minimum Gasteiger partial charge on any atom is -0.384 e. The van der Waals surface area contributed by atoms with E-state index in [1.165, 1.54) is 0 Å². The van der Waals surface area contributed by atoms with Crippen LogP contribution in [0.4, 0.5) is 5.82 Å². The van der Waals surface area contributed by atoms with Crippen molar-refractivity contribution in [2.24, 2.45) is 7.05 Å². The molecule has 21 heavy (non-hydrogen) atoms. The molecule has 2 rings (SSSR count). The second-order valence-corrected chi connectivity index (χ2v) is 5.22. The Bertz CT molecular complexity index is 634. The molecule has 7 nitrogen and oxygen atoms in total. The summed E-state index contributed by atoms with van der Waals surface area (Å²) in [5.74, 6) is 1.25. The van der Waals surface area contributed by atoms with E-state index in [0.29, 0.717) is 24.3 Å². The Balaban J connectivity index is 1.98. The molecule has 0 saturated heterocycles. The zero-order valence-electron chi connectivity index (χ0n) is 12.5. The number of aryl methyl sites for hydroxylation is 1. The fraction of sp³-hybridized carbons (Fsp3) is 0.429. The molecule has 2 heterocycles. The summed E-state index contributed by atoms with van der Waals surface area (Å²) in [6.07, 6.45) is 2.26. The van der Waals surface area contributed by atoms with Crippen molar-refractivity contribution >= 4 is 11.7 Å². The standard InChI is InChI=1S/C14H20N6O/c1-9(2)11-6-10(7-12(15)18-11)14(21)16-5-4-13-19-17-8-20(13)3/h6-9H,4-5H2,1-3H3,(H2,15,18)(H,16,21). The van der Waals surface area contributed by atoms with Gasteiger partial charge in [0.25, 0.3) is 5.91 Å². The van der Waals surface area contributed by atoms with Crippen LogP contribution in [-0.4, -0.2) is 32.2 Å². The van der Waals surface area contributed by atoms with E-state index in [1.54, 1.807) is 18.5 Å². The lowest BCUT2D eigenvalue weighted by molar-refractivity contribution is 0.0953. The minimum absolute atomic E-state index is 0.159. The minimum atomic E-state index is -0.159. The number of carbonyl (C=O) groups excluding carboxylic acids is 1. The second-order valence-electron chi connectivity index (χ2n) is 5.22. The van der Waals surface area contributed by atoms with Crippen LogP contribution in [0.5, 0.6) is 0 Å². The summed E-state index contributed by atoms with van der Waals surface area (Å²) in [5, 5.41) is 10.6. The molecule has 1 amide bonds. The molecule has 0 aliphatic rings. The summed E-state index contributed by atoms with van der Waals surface area (Å²) in [6.45, 7) is 4.51. The highest BCUT2D eigenvalue weighted by molar-refractivity contribution is 5.94. The van der Waals surface area contributed by atoms with Gasteiger partial charge in [-0.2, -0.15) is 0 Å². The van der Waals surface area contributed by atoms with Crippen LogP contribution >= 0.6 is 0 Å². The van der Waals surface area contributed by atoms with Crippen LogP contribution in [0.25, 0.3) is 0 Å². The molecule has 2 aromatic rings. The fourth-order valence-corrected chi connectivity index (χ4v) is 1.92. The van der Waals surface area contributed by atoms with Gasteiger partial charge >= 0.3 is 0 Å². The maximum atomic E-state index is 12.1.